The first-order chi connectivity index (χ1) is 6.75. The molecule has 0 atom stereocenters. The van der Waals surface area contributed by atoms with Gasteiger partial charge in [0.2, 0.25) is 5.78 Å². The van der Waals surface area contributed by atoms with Gasteiger partial charge < -0.3 is 0 Å². The van der Waals surface area contributed by atoms with E-state index in [1.807, 2.05) is 0 Å². The number of rotatable bonds is 1. The standard InChI is InChI=1S/C10H8N2O2/c13-8-3-4-10(14)9(7-8)11-12-5-1-2-6-12/h1-6H,7H2. The number of carbonyl (C=O) groups is 2. The molecule has 0 saturated carbocycles. The first-order valence-corrected chi connectivity index (χ1v) is 4.22. The van der Waals surface area contributed by atoms with Crippen LogP contribution in [0, 0.1) is 0 Å². The Morgan fingerprint density at radius 1 is 1.14 bits per heavy atom. The van der Waals surface area contributed by atoms with Gasteiger partial charge in [-0.05, 0) is 24.3 Å². The van der Waals surface area contributed by atoms with Crippen LogP contribution < -0.4 is 0 Å². The van der Waals surface area contributed by atoms with Crippen molar-refractivity contribution >= 4 is 17.3 Å². The predicted molar refractivity (Wildman–Crippen MR) is 51.0 cm³/mol. The largest absolute Gasteiger partial charge is 0.294 e. The van der Waals surface area contributed by atoms with Gasteiger partial charge in [-0.25, -0.2) is 4.68 Å². The molecule has 14 heavy (non-hydrogen) atoms. The van der Waals surface area contributed by atoms with Crippen molar-refractivity contribution in [3.05, 3.63) is 36.7 Å². The summed E-state index contributed by atoms with van der Waals surface area (Å²) in [5.41, 5.74) is 0.286. The van der Waals surface area contributed by atoms with Crippen molar-refractivity contribution < 1.29 is 9.59 Å². The molecule has 4 heteroatoms. The maximum atomic E-state index is 11.3. The second-order valence-electron chi connectivity index (χ2n) is 2.95. The highest BCUT2D eigenvalue weighted by atomic mass is 16.1. The average molecular weight is 188 g/mol. The lowest BCUT2D eigenvalue weighted by molar-refractivity contribution is -0.116. The molecule has 0 unspecified atom stereocenters. The van der Waals surface area contributed by atoms with Crippen LogP contribution in [0.15, 0.2) is 41.8 Å². The minimum absolute atomic E-state index is 0.0875. The van der Waals surface area contributed by atoms with Crippen LogP contribution in [0.2, 0.25) is 0 Å². The van der Waals surface area contributed by atoms with E-state index in [-0.39, 0.29) is 23.7 Å². The minimum atomic E-state index is -0.196. The molecule has 1 aromatic rings. The first kappa shape index (κ1) is 8.62. The van der Waals surface area contributed by atoms with Crippen LogP contribution in [0.3, 0.4) is 0 Å². The number of ketones is 2. The molecule has 0 saturated heterocycles. The van der Waals surface area contributed by atoms with E-state index in [1.165, 1.54) is 16.8 Å². The van der Waals surface area contributed by atoms with Crippen LogP contribution in [0.5, 0.6) is 0 Å². The second kappa shape index (κ2) is 3.41. The topological polar surface area (TPSA) is 51.4 Å². The Morgan fingerprint density at radius 2 is 1.86 bits per heavy atom. The van der Waals surface area contributed by atoms with Crippen molar-refractivity contribution in [2.45, 2.75) is 6.42 Å². The van der Waals surface area contributed by atoms with E-state index in [9.17, 15) is 9.59 Å². The summed E-state index contributed by atoms with van der Waals surface area (Å²) in [6, 6.07) is 3.60. The number of nitrogens with zero attached hydrogens (tertiary/aromatic N) is 2. The summed E-state index contributed by atoms with van der Waals surface area (Å²) < 4.78 is 1.51. The van der Waals surface area contributed by atoms with E-state index in [0.717, 1.165) is 0 Å². The number of carbonyl (C=O) groups excluding carboxylic acids is 2. The Bertz CT molecular complexity index is 427. The summed E-state index contributed by atoms with van der Waals surface area (Å²) >= 11 is 0. The van der Waals surface area contributed by atoms with Gasteiger partial charge >= 0.3 is 0 Å². The fourth-order valence-corrected chi connectivity index (χ4v) is 1.19. The minimum Gasteiger partial charge on any atom is -0.294 e. The zero-order valence-corrected chi connectivity index (χ0v) is 7.38. The fraction of sp³-hybridized carbons (Fsp3) is 0.100. The maximum absolute atomic E-state index is 11.3. The summed E-state index contributed by atoms with van der Waals surface area (Å²) in [6.07, 6.45) is 6.06. The number of hydrogen-bond acceptors (Lipinski definition) is 3. The SMILES string of the molecule is O=C1C=CC(=O)C(=Nn2cccc2)C1. The first-order valence-electron chi connectivity index (χ1n) is 4.22. The quantitative estimate of drug-likeness (QED) is 0.654. The molecule has 0 amide bonds. The van der Waals surface area contributed by atoms with Gasteiger partial charge in [-0.3, -0.25) is 9.59 Å². The van der Waals surface area contributed by atoms with Gasteiger partial charge in [-0.1, -0.05) is 0 Å². The van der Waals surface area contributed by atoms with Crippen LogP contribution in [-0.4, -0.2) is 22.0 Å². The molecule has 1 aliphatic rings. The Labute approximate surface area is 80.5 Å². The van der Waals surface area contributed by atoms with Gasteiger partial charge in [0.05, 0.1) is 6.42 Å². The van der Waals surface area contributed by atoms with Crippen molar-refractivity contribution in [3.63, 3.8) is 0 Å². The summed E-state index contributed by atoms with van der Waals surface area (Å²) in [4.78, 5) is 22.3. The van der Waals surface area contributed by atoms with Crippen LogP contribution in [-0.2, 0) is 9.59 Å². The Balaban J connectivity index is 2.31. The normalized spacial score (nSPS) is 19.3. The van der Waals surface area contributed by atoms with Crippen molar-refractivity contribution in [2.24, 2.45) is 5.10 Å². The van der Waals surface area contributed by atoms with Gasteiger partial charge in [0.1, 0.15) is 5.71 Å². The van der Waals surface area contributed by atoms with Crippen molar-refractivity contribution in [1.29, 1.82) is 0 Å². The molecule has 0 spiro atoms. The zero-order valence-electron chi connectivity index (χ0n) is 7.38. The summed E-state index contributed by atoms with van der Waals surface area (Å²) in [5, 5.41) is 4.02. The molecular formula is C10H8N2O2. The molecule has 0 aliphatic heterocycles. The summed E-state index contributed by atoms with van der Waals surface area (Å²) in [7, 11) is 0. The fourth-order valence-electron chi connectivity index (χ4n) is 1.19. The van der Waals surface area contributed by atoms with Crippen molar-refractivity contribution in [2.75, 3.05) is 0 Å². The Kier molecular flexibility index (Phi) is 2.10. The third-order valence-corrected chi connectivity index (χ3v) is 1.87. The third-order valence-electron chi connectivity index (χ3n) is 1.87. The van der Waals surface area contributed by atoms with Gasteiger partial charge in [0.25, 0.3) is 0 Å². The smallest absolute Gasteiger partial charge is 0.202 e. The highest BCUT2D eigenvalue weighted by Gasteiger charge is 2.17. The van der Waals surface area contributed by atoms with Gasteiger partial charge in [0.15, 0.2) is 5.78 Å². The van der Waals surface area contributed by atoms with Crippen LogP contribution in [0.25, 0.3) is 0 Å². The van der Waals surface area contributed by atoms with Crippen LogP contribution in [0.4, 0.5) is 0 Å². The van der Waals surface area contributed by atoms with E-state index in [1.54, 1.807) is 24.5 Å². The molecule has 4 nitrogen and oxygen atoms in total. The zero-order chi connectivity index (χ0) is 9.97. The number of aromatic nitrogens is 1. The monoisotopic (exact) mass is 188 g/mol. The molecule has 0 bridgehead atoms. The molecule has 0 radical (unpaired) electrons. The molecule has 1 aliphatic carbocycles. The Hall–Kier alpha value is -1.97. The highest BCUT2D eigenvalue weighted by molar-refractivity contribution is 6.49. The summed E-state index contributed by atoms with van der Waals surface area (Å²) in [5.74, 6) is -0.284. The lowest BCUT2D eigenvalue weighted by atomic mass is 10.0. The molecule has 0 fully saturated rings. The molecule has 1 aromatic heterocycles. The second-order valence-corrected chi connectivity index (χ2v) is 2.95. The van der Waals surface area contributed by atoms with Gasteiger partial charge in [-0.2, -0.15) is 5.10 Å². The maximum Gasteiger partial charge on any atom is 0.202 e. The number of hydrogen-bond donors (Lipinski definition) is 0. The number of allylic oxidation sites excluding steroid dienone is 2. The molecular weight excluding hydrogens is 180 g/mol. The molecule has 0 N–H and O–H groups in total. The van der Waals surface area contributed by atoms with E-state index < -0.39 is 0 Å². The summed E-state index contributed by atoms with van der Waals surface area (Å²) in [6.45, 7) is 0. The highest BCUT2D eigenvalue weighted by Crippen LogP contribution is 2.02. The molecule has 0 aromatic carbocycles. The lowest BCUT2D eigenvalue weighted by Crippen LogP contribution is -2.21. The third kappa shape index (κ3) is 1.69. The van der Waals surface area contributed by atoms with Crippen molar-refractivity contribution in [1.82, 2.24) is 4.68 Å². The van der Waals surface area contributed by atoms with Crippen LogP contribution in [0.1, 0.15) is 6.42 Å². The van der Waals surface area contributed by atoms with E-state index in [0.29, 0.717) is 0 Å². The van der Waals surface area contributed by atoms with E-state index in [2.05, 4.69) is 5.10 Å². The predicted octanol–water partition coefficient (Wildman–Crippen LogP) is 0.790. The molecule has 1 heterocycles. The van der Waals surface area contributed by atoms with E-state index >= 15 is 0 Å². The van der Waals surface area contributed by atoms with Crippen molar-refractivity contribution in [3.8, 4) is 0 Å². The lowest BCUT2D eigenvalue weighted by Gasteiger charge is -2.04. The van der Waals surface area contributed by atoms with Crippen LogP contribution >= 0.6 is 0 Å². The van der Waals surface area contributed by atoms with Gasteiger partial charge in [0, 0.05) is 12.4 Å². The average Bonchev–Trinajstić information content (AvgIpc) is 2.64. The molecule has 2 rings (SSSR count). The molecule has 70 valence electrons. The van der Waals surface area contributed by atoms with Gasteiger partial charge in [-0.15, -0.1) is 0 Å². The Morgan fingerprint density at radius 3 is 2.57 bits per heavy atom. The van der Waals surface area contributed by atoms with E-state index in [4.69, 9.17) is 0 Å².